The van der Waals surface area contributed by atoms with E-state index < -0.39 is 19.1 Å². The van der Waals surface area contributed by atoms with Crippen LogP contribution in [0.5, 0.6) is 0 Å². The molecule has 66 valence electrons. The Morgan fingerprint density at radius 1 is 1.64 bits per heavy atom. The quantitative estimate of drug-likeness (QED) is 0.590. The maximum absolute atomic E-state index is 12.3. The van der Waals surface area contributed by atoms with Crippen LogP contribution in [0.4, 0.5) is 8.78 Å². The molecule has 0 heterocycles. The van der Waals surface area contributed by atoms with Gasteiger partial charge in [-0.05, 0) is 6.92 Å². The molecule has 0 fully saturated rings. The Hall–Kier alpha value is -0.480. The molecular formula is C7H13F2NO. The highest BCUT2D eigenvalue weighted by Gasteiger charge is 2.26. The van der Waals surface area contributed by atoms with E-state index in [4.69, 9.17) is 5.11 Å². The Morgan fingerprint density at radius 2 is 2.18 bits per heavy atom. The number of nitrogens with one attached hydrogen (secondary N) is 1. The van der Waals surface area contributed by atoms with Gasteiger partial charge in [-0.25, -0.2) is 8.78 Å². The van der Waals surface area contributed by atoms with Gasteiger partial charge >= 0.3 is 0 Å². The number of aliphatic hydroxyl groups excluding tert-OH is 1. The van der Waals surface area contributed by atoms with Crippen LogP contribution in [0.15, 0.2) is 12.2 Å². The summed E-state index contributed by atoms with van der Waals surface area (Å²) in [4.78, 5) is 0. The van der Waals surface area contributed by atoms with Crippen molar-refractivity contribution in [2.75, 3.05) is 19.7 Å². The second-order valence-electron chi connectivity index (χ2n) is 2.57. The predicted octanol–water partition coefficient (Wildman–Crippen LogP) is 0.780. The third-order valence-electron chi connectivity index (χ3n) is 1.04. The van der Waals surface area contributed by atoms with Gasteiger partial charge in [0.25, 0.3) is 5.92 Å². The Kier molecular flexibility index (Phi) is 4.22. The molecule has 0 saturated carbocycles. The van der Waals surface area contributed by atoms with Crippen LogP contribution in [0.2, 0.25) is 0 Å². The van der Waals surface area contributed by atoms with E-state index in [2.05, 4.69) is 11.9 Å². The SMILES string of the molecule is C=C(C)CNCC(F)(F)CO. The molecule has 0 aliphatic rings. The zero-order valence-corrected chi connectivity index (χ0v) is 6.53. The molecule has 4 heteroatoms. The minimum Gasteiger partial charge on any atom is -0.390 e. The van der Waals surface area contributed by atoms with Crippen LogP contribution in [0.3, 0.4) is 0 Å². The van der Waals surface area contributed by atoms with Crippen molar-refractivity contribution in [2.24, 2.45) is 0 Å². The third-order valence-corrected chi connectivity index (χ3v) is 1.04. The summed E-state index contributed by atoms with van der Waals surface area (Å²) < 4.78 is 24.5. The first-order chi connectivity index (χ1) is 4.98. The van der Waals surface area contributed by atoms with Gasteiger partial charge in [-0.3, -0.25) is 0 Å². The molecular weight excluding hydrogens is 152 g/mol. The van der Waals surface area contributed by atoms with Gasteiger partial charge in [0.15, 0.2) is 0 Å². The van der Waals surface area contributed by atoms with Crippen LogP contribution in [0, 0.1) is 0 Å². The van der Waals surface area contributed by atoms with Crippen molar-refractivity contribution in [1.29, 1.82) is 0 Å². The summed E-state index contributed by atoms with van der Waals surface area (Å²) >= 11 is 0. The van der Waals surface area contributed by atoms with E-state index in [0.29, 0.717) is 6.54 Å². The van der Waals surface area contributed by atoms with Crippen LogP contribution >= 0.6 is 0 Å². The van der Waals surface area contributed by atoms with Crippen LogP contribution in [-0.4, -0.2) is 30.7 Å². The van der Waals surface area contributed by atoms with Crippen molar-refractivity contribution in [3.8, 4) is 0 Å². The lowest BCUT2D eigenvalue weighted by Gasteiger charge is -2.13. The summed E-state index contributed by atoms with van der Waals surface area (Å²) in [5.41, 5.74) is 0.790. The molecule has 0 saturated heterocycles. The summed E-state index contributed by atoms with van der Waals surface area (Å²) in [5.74, 6) is -3.02. The molecule has 0 rings (SSSR count). The molecule has 0 spiro atoms. The molecule has 11 heavy (non-hydrogen) atoms. The van der Waals surface area contributed by atoms with Crippen molar-refractivity contribution in [2.45, 2.75) is 12.8 Å². The third kappa shape index (κ3) is 5.94. The first-order valence-electron chi connectivity index (χ1n) is 3.32. The normalized spacial score (nSPS) is 11.6. The minimum atomic E-state index is -3.02. The van der Waals surface area contributed by atoms with Crippen LogP contribution in [0.1, 0.15) is 6.92 Å². The Balaban J connectivity index is 3.45. The molecule has 0 aromatic carbocycles. The number of rotatable bonds is 5. The molecule has 0 amide bonds. The summed E-state index contributed by atoms with van der Waals surface area (Å²) in [6.45, 7) is 4.01. The molecule has 0 aliphatic carbocycles. The average molecular weight is 165 g/mol. The number of aliphatic hydroxyl groups is 1. The fourth-order valence-electron chi connectivity index (χ4n) is 0.515. The highest BCUT2D eigenvalue weighted by Crippen LogP contribution is 2.09. The first-order valence-corrected chi connectivity index (χ1v) is 3.32. The Labute approximate surface area is 64.9 Å². The van der Waals surface area contributed by atoms with E-state index in [9.17, 15) is 8.78 Å². The van der Waals surface area contributed by atoms with Gasteiger partial charge in [0, 0.05) is 6.54 Å². The van der Waals surface area contributed by atoms with Crippen LogP contribution in [-0.2, 0) is 0 Å². The highest BCUT2D eigenvalue weighted by molar-refractivity contribution is 4.91. The van der Waals surface area contributed by atoms with E-state index in [1.54, 1.807) is 6.92 Å². The largest absolute Gasteiger partial charge is 0.390 e. The summed E-state index contributed by atoms with van der Waals surface area (Å²) in [7, 11) is 0. The minimum absolute atomic E-state index is 0.357. The van der Waals surface area contributed by atoms with E-state index in [-0.39, 0.29) is 0 Å². The molecule has 0 aromatic rings. The lowest BCUT2D eigenvalue weighted by atomic mass is 10.3. The molecule has 2 nitrogen and oxygen atoms in total. The predicted molar refractivity (Wildman–Crippen MR) is 39.7 cm³/mol. The van der Waals surface area contributed by atoms with Gasteiger partial charge in [-0.15, -0.1) is 0 Å². The highest BCUT2D eigenvalue weighted by atomic mass is 19.3. The topological polar surface area (TPSA) is 32.3 Å². The van der Waals surface area contributed by atoms with Gasteiger partial charge in [-0.1, -0.05) is 12.2 Å². The summed E-state index contributed by atoms with van der Waals surface area (Å²) in [6.07, 6.45) is 0. The van der Waals surface area contributed by atoms with Crippen molar-refractivity contribution >= 4 is 0 Å². The number of alkyl halides is 2. The molecule has 0 unspecified atom stereocenters. The monoisotopic (exact) mass is 165 g/mol. The summed E-state index contributed by atoms with van der Waals surface area (Å²) in [5, 5.41) is 10.6. The van der Waals surface area contributed by atoms with Gasteiger partial charge in [0.05, 0.1) is 6.54 Å². The molecule has 0 bridgehead atoms. The lowest BCUT2D eigenvalue weighted by Crippen LogP contribution is -2.36. The lowest BCUT2D eigenvalue weighted by molar-refractivity contribution is -0.0469. The van der Waals surface area contributed by atoms with Gasteiger partial charge in [0.2, 0.25) is 0 Å². The zero-order valence-electron chi connectivity index (χ0n) is 6.53. The van der Waals surface area contributed by atoms with Crippen molar-refractivity contribution < 1.29 is 13.9 Å². The first kappa shape index (κ1) is 10.5. The zero-order chi connectivity index (χ0) is 8.91. The number of hydrogen-bond donors (Lipinski definition) is 2. The summed E-state index contributed by atoms with van der Waals surface area (Å²) in [6, 6.07) is 0. The second kappa shape index (κ2) is 4.41. The number of hydrogen-bond acceptors (Lipinski definition) is 2. The molecule has 2 N–H and O–H groups in total. The van der Waals surface area contributed by atoms with Crippen molar-refractivity contribution in [3.63, 3.8) is 0 Å². The van der Waals surface area contributed by atoms with Crippen molar-refractivity contribution in [3.05, 3.63) is 12.2 Å². The molecule has 0 radical (unpaired) electrons. The van der Waals surface area contributed by atoms with Gasteiger partial charge in [-0.2, -0.15) is 0 Å². The Bertz CT molecular complexity index is 136. The van der Waals surface area contributed by atoms with Gasteiger partial charge in [0.1, 0.15) is 6.61 Å². The molecule has 0 aliphatic heterocycles. The molecule has 0 atom stereocenters. The smallest absolute Gasteiger partial charge is 0.282 e. The fourth-order valence-corrected chi connectivity index (χ4v) is 0.515. The van der Waals surface area contributed by atoms with Crippen LogP contribution < -0.4 is 5.32 Å². The van der Waals surface area contributed by atoms with Gasteiger partial charge < -0.3 is 10.4 Å². The van der Waals surface area contributed by atoms with E-state index >= 15 is 0 Å². The fraction of sp³-hybridized carbons (Fsp3) is 0.714. The van der Waals surface area contributed by atoms with E-state index in [0.717, 1.165) is 5.57 Å². The Morgan fingerprint density at radius 3 is 2.55 bits per heavy atom. The maximum atomic E-state index is 12.3. The second-order valence-corrected chi connectivity index (χ2v) is 2.57. The number of halogens is 2. The molecule has 0 aromatic heterocycles. The van der Waals surface area contributed by atoms with E-state index in [1.165, 1.54) is 0 Å². The van der Waals surface area contributed by atoms with E-state index in [1.807, 2.05) is 0 Å². The maximum Gasteiger partial charge on any atom is 0.282 e. The van der Waals surface area contributed by atoms with Crippen LogP contribution in [0.25, 0.3) is 0 Å². The average Bonchev–Trinajstić information content (AvgIpc) is 1.87. The van der Waals surface area contributed by atoms with Crippen molar-refractivity contribution in [1.82, 2.24) is 5.32 Å². The standard InChI is InChI=1S/C7H13F2NO/c1-6(2)3-10-4-7(8,9)5-11/h10-11H,1,3-5H2,2H3.